The highest BCUT2D eigenvalue weighted by atomic mass is 32.2. The zero-order valence-electron chi connectivity index (χ0n) is 14.0. The molecule has 0 saturated carbocycles. The maximum Gasteiger partial charge on any atom is 0.259 e. The second-order valence-electron chi connectivity index (χ2n) is 5.57. The average Bonchev–Trinajstić information content (AvgIpc) is 2.80. The third kappa shape index (κ3) is 4.35. The van der Waals surface area contributed by atoms with Crippen LogP contribution in [0.5, 0.6) is 0 Å². The maximum atomic E-state index is 12.3. The van der Waals surface area contributed by atoms with Crippen LogP contribution in [0.2, 0.25) is 0 Å². The van der Waals surface area contributed by atoms with Crippen molar-refractivity contribution in [2.75, 3.05) is 12.3 Å². The Balaban J connectivity index is 2.05. The number of unbranched alkanes of at least 4 members (excludes halogenated alkanes) is 1. The fourth-order valence-electron chi connectivity index (χ4n) is 2.20. The van der Waals surface area contributed by atoms with Gasteiger partial charge >= 0.3 is 0 Å². The van der Waals surface area contributed by atoms with E-state index in [2.05, 4.69) is 22.2 Å². The van der Waals surface area contributed by atoms with Gasteiger partial charge in [0.05, 0.1) is 16.4 Å². The van der Waals surface area contributed by atoms with Crippen LogP contribution in [-0.2, 0) is 4.79 Å². The first-order valence-electron chi connectivity index (χ1n) is 7.82. The summed E-state index contributed by atoms with van der Waals surface area (Å²) in [5, 5.41) is 3.54. The van der Waals surface area contributed by atoms with E-state index in [-0.39, 0.29) is 16.7 Å². The van der Waals surface area contributed by atoms with E-state index in [1.165, 1.54) is 11.8 Å². The molecular weight excluding hydrogens is 330 g/mol. The van der Waals surface area contributed by atoms with Crippen LogP contribution < -0.4 is 10.9 Å². The molecule has 23 heavy (non-hydrogen) atoms. The highest BCUT2D eigenvalue weighted by Crippen LogP contribution is 2.29. The van der Waals surface area contributed by atoms with E-state index in [9.17, 15) is 9.59 Å². The largest absolute Gasteiger partial charge is 0.355 e. The molecule has 0 radical (unpaired) electrons. The number of aryl methyl sites for hydroxylation is 2. The summed E-state index contributed by atoms with van der Waals surface area (Å²) in [6, 6.07) is 0. The summed E-state index contributed by atoms with van der Waals surface area (Å²) in [5.41, 5.74) is 0.910. The second-order valence-corrected chi connectivity index (χ2v) is 8.10. The van der Waals surface area contributed by atoms with E-state index in [4.69, 9.17) is 0 Å². The van der Waals surface area contributed by atoms with Crippen LogP contribution in [0, 0.1) is 13.8 Å². The number of H-pyrrole nitrogens is 1. The number of aromatic nitrogens is 2. The first-order chi connectivity index (χ1) is 10.9. The molecule has 0 aliphatic heterocycles. The molecule has 126 valence electrons. The highest BCUT2D eigenvalue weighted by molar-refractivity contribution is 8.00. The van der Waals surface area contributed by atoms with Crippen molar-refractivity contribution in [1.29, 1.82) is 0 Å². The van der Waals surface area contributed by atoms with E-state index in [1.807, 2.05) is 20.8 Å². The molecule has 1 amide bonds. The fraction of sp³-hybridized carbons (Fsp3) is 0.562. The zero-order chi connectivity index (χ0) is 17.0. The molecule has 0 fully saturated rings. The summed E-state index contributed by atoms with van der Waals surface area (Å²) in [5.74, 6) is 1.03. The minimum absolute atomic E-state index is 0.0292. The van der Waals surface area contributed by atoms with E-state index in [1.54, 1.807) is 11.3 Å². The molecule has 7 heteroatoms. The Kier molecular flexibility index (Phi) is 6.24. The first-order valence-corrected chi connectivity index (χ1v) is 9.68. The lowest BCUT2D eigenvalue weighted by atomic mass is 10.2. The maximum absolute atomic E-state index is 12.3. The number of thioether (sulfide) groups is 1. The predicted octanol–water partition coefficient (Wildman–Crippen LogP) is 3.31. The number of carbonyl (C=O) groups excluding carboxylic acids is 1. The minimum atomic E-state index is -0.0910. The second kappa shape index (κ2) is 7.97. The van der Waals surface area contributed by atoms with Gasteiger partial charge in [-0.05, 0) is 32.8 Å². The molecular formula is C16H23N3O2S2. The molecule has 2 aromatic rings. The molecule has 1 unspecified atom stereocenters. The van der Waals surface area contributed by atoms with Crippen LogP contribution in [0.25, 0.3) is 10.2 Å². The smallest absolute Gasteiger partial charge is 0.259 e. The van der Waals surface area contributed by atoms with Gasteiger partial charge in [0.1, 0.15) is 10.7 Å². The van der Waals surface area contributed by atoms with Crippen molar-refractivity contribution in [3.05, 3.63) is 26.6 Å². The normalized spacial score (nSPS) is 12.5. The van der Waals surface area contributed by atoms with E-state index in [0.29, 0.717) is 17.0 Å². The molecule has 0 aliphatic carbocycles. The molecule has 5 nitrogen and oxygen atoms in total. The summed E-state index contributed by atoms with van der Waals surface area (Å²) in [6.07, 6.45) is 2.06. The topological polar surface area (TPSA) is 74.8 Å². The standard InChI is InChI=1S/C16H23N3O2S2/c1-5-6-7-17-12(20)8-22-11(4)14-18-15(21)13-9(2)10(3)23-16(13)19-14/h11H,5-8H2,1-4H3,(H,17,20)(H,18,19,21). The summed E-state index contributed by atoms with van der Waals surface area (Å²) in [4.78, 5) is 33.4. The Hall–Kier alpha value is -1.34. The number of nitrogens with one attached hydrogen (secondary N) is 2. The number of carbonyl (C=O) groups is 1. The van der Waals surface area contributed by atoms with Crippen molar-refractivity contribution >= 4 is 39.2 Å². The molecule has 1 atom stereocenters. The van der Waals surface area contributed by atoms with Crippen molar-refractivity contribution in [3.63, 3.8) is 0 Å². The lowest BCUT2D eigenvalue weighted by Crippen LogP contribution is -2.26. The number of fused-ring (bicyclic) bond motifs is 1. The van der Waals surface area contributed by atoms with Crippen molar-refractivity contribution in [2.24, 2.45) is 0 Å². The van der Waals surface area contributed by atoms with Gasteiger partial charge in [0.25, 0.3) is 5.56 Å². The molecule has 0 saturated heterocycles. The molecule has 0 aliphatic rings. The van der Waals surface area contributed by atoms with E-state index >= 15 is 0 Å². The van der Waals surface area contributed by atoms with Gasteiger partial charge in [-0.1, -0.05) is 13.3 Å². The van der Waals surface area contributed by atoms with Crippen molar-refractivity contribution in [1.82, 2.24) is 15.3 Å². The summed E-state index contributed by atoms with van der Waals surface area (Å²) in [7, 11) is 0. The van der Waals surface area contributed by atoms with Crippen LogP contribution in [0.1, 0.15) is 48.2 Å². The number of rotatable bonds is 7. The highest BCUT2D eigenvalue weighted by Gasteiger charge is 2.16. The number of aromatic amines is 1. The van der Waals surface area contributed by atoms with Gasteiger partial charge in [0.15, 0.2) is 0 Å². The summed E-state index contributed by atoms with van der Waals surface area (Å²) in [6.45, 7) is 8.72. The minimum Gasteiger partial charge on any atom is -0.355 e. The Bertz CT molecular complexity index is 752. The van der Waals surface area contributed by atoms with Crippen molar-refractivity contribution in [2.45, 2.75) is 45.8 Å². The van der Waals surface area contributed by atoms with Gasteiger partial charge in [0.2, 0.25) is 5.91 Å². The molecule has 2 N–H and O–H groups in total. The molecule has 2 rings (SSSR count). The van der Waals surface area contributed by atoms with Crippen LogP contribution in [0.3, 0.4) is 0 Å². The zero-order valence-corrected chi connectivity index (χ0v) is 15.6. The third-order valence-electron chi connectivity index (χ3n) is 3.76. The van der Waals surface area contributed by atoms with Crippen molar-refractivity contribution in [3.8, 4) is 0 Å². The van der Waals surface area contributed by atoms with Crippen LogP contribution >= 0.6 is 23.1 Å². The van der Waals surface area contributed by atoms with Gasteiger partial charge in [-0.3, -0.25) is 9.59 Å². The number of amides is 1. The molecule has 2 aromatic heterocycles. The van der Waals surface area contributed by atoms with Gasteiger partial charge in [-0.15, -0.1) is 23.1 Å². The lowest BCUT2D eigenvalue weighted by Gasteiger charge is -2.10. The molecule has 2 heterocycles. The number of thiophene rings is 1. The van der Waals surface area contributed by atoms with Gasteiger partial charge < -0.3 is 10.3 Å². The number of nitrogens with zero attached hydrogens (tertiary/aromatic N) is 1. The Labute approximate surface area is 144 Å². The van der Waals surface area contributed by atoms with Crippen LogP contribution in [0.15, 0.2) is 4.79 Å². The van der Waals surface area contributed by atoms with Gasteiger partial charge in [-0.25, -0.2) is 4.98 Å². The Morgan fingerprint density at radius 2 is 2.17 bits per heavy atom. The Morgan fingerprint density at radius 3 is 2.87 bits per heavy atom. The number of hydrogen-bond donors (Lipinski definition) is 2. The third-order valence-corrected chi connectivity index (χ3v) is 6.01. The van der Waals surface area contributed by atoms with Crippen LogP contribution in [-0.4, -0.2) is 28.2 Å². The SMILES string of the molecule is CCCCNC(=O)CSC(C)c1nc2sc(C)c(C)c2c(=O)[nH]1. The quantitative estimate of drug-likeness (QED) is 0.749. The molecule has 0 aromatic carbocycles. The Morgan fingerprint density at radius 1 is 1.43 bits per heavy atom. The molecule has 0 spiro atoms. The predicted molar refractivity (Wildman–Crippen MR) is 98.5 cm³/mol. The van der Waals surface area contributed by atoms with Crippen molar-refractivity contribution < 1.29 is 4.79 Å². The molecule has 0 bridgehead atoms. The summed E-state index contributed by atoms with van der Waals surface area (Å²) >= 11 is 3.03. The summed E-state index contributed by atoms with van der Waals surface area (Å²) < 4.78 is 0. The van der Waals surface area contributed by atoms with Gasteiger partial charge in [-0.2, -0.15) is 0 Å². The fourth-order valence-corrected chi connectivity index (χ4v) is 4.01. The van der Waals surface area contributed by atoms with Gasteiger partial charge in [0, 0.05) is 11.4 Å². The van der Waals surface area contributed by atoms with Crippen LogP contribution in [0.4, 0.5) is 0 Å². The average molecular weight is 354 g/mol. The van der Waals surface area contributed by atoms with E-state index < -0.39 is 0 Å². The monoisotopic (exact) mass is 353 g/mol. The lowest BCUT2D eigenvalue weighted by molar-refractivity contribution is -0.118. The number of hydrogen-bond acceptors (Lipinski definition) is 5. The first kappa shape index (κ1) is 18.0. The van der Waals surface area contributed by atoms with E-state index in [0.717, 1.165) is 34.7 Å².